The lowest BCUT2D eigenvalue weighted by molar-refractivity contribution is -0.193. The fraction of sp³-hybridized carbons (Fsp3) is 0.480. The summed E-state index contributed by atoms with van der Waals surface area (Å²) in [7, 11) is 2.13. The molecule has 1 aliphatic carbocycles. The summed E-state index contributed by atoms with van der Waals surface area (Å²) in [5, 5.41) is 29.1. The number of aliphatic carboxylic acids is 2. The molecule has 1 aromatic heterocycles. The largest absolute Gasteiger partial charge is 0.490 e. The third kappa shape index (κ3) is 8.38. The number of nitrogens with zero attached hydrogens (tertiary/aromatic N) is 2. The number of rotatable bonds is 4. The third-order valence-electron chi connectivity index (χ3n) is 6.58. The SMILES string of the molecule is CN(CCc1ccccn1)[C@@H]1c2ccccc2C2(CCNCC2)[C@H]1O.O=C(O)C(F)(F)F.O=C(O)C(F)(F)F. The standard InChI is InChI=1S/C21H27N3O.2C2HF3O2/c1-24(15-9-16-6-4-5-12-23-16)19-17-7-2-3-8-18(17)21(20(19)25)10-13-22-14-11-21;2*3-2(4,5)1(6)7/h2-8,12,19-20,22,25H,9-11,13-15H2,1H3;2*(H,6,7)/t19-,20+;;/m1../s1. The zero-order valence-electron chi connectivity index (χ0n) is 20.8. The molecule has 4 rings (SSSR count). The van der Waals surface area contributed by atoms with E-state index in [2.05, 4.69) is 52.6 Å². The fourth-order valence-electron chi connectivity index (χ4n) is 4.73. The molecular formula is C25H29F6N3O5. The number of fused-ring (bicyclic) bond motifs is 2. The molecule has 4 N–H and O–H groups in total. The van der Waals surface area contributed by atoms with Crippen LogP contribution in [0, 0.1) is 0 Å². The van der Waals surface area contributed by atoms with Gasteiger partial charge < -0.3 is 20.6 Å². The van der Waals surface area contributed by atoms with Crippen molar-refractivity contribution >= 4 is 11.9 Å². The van der Waals surface area contributed by atoms with Crippen LogP contribution >= 0.6 is 0 Å². The van der Waals surface area contributed by atoms with Gasteiger partial charge in [-0.2, -0.15) is 26.3 Å². The Bertz CT molecular complexity index is 1070. The molecule has 1 fully saturated rings. The average molecular weight is 566 g/mol. The zero-order valence-corrected chi connectivity index (χ0v) is 20.8. The molecule has 0 unspecified atom stereocenters. The molecule has 1 spiro atoms. The van der Waals surface area contributed by atoms with Gasteiger partial charge in [0, 0.05) is 30.3 Å². The normalized spacial score (nSPS) is 19.8. The molecule has 39 heavy (non-hydrogen) atoms. The summed E-state index contributed by atoms with van der Waals surface area (Å²) in [5.41, 5.74) is 3.68. The summed E-state index contributed by atoms with van der Waals surface area (Å²) in [5.74, 6) is -5.51. The van der Waals surface area contributed by atoms with Crippen LogP contribution in [-0.2, 0) is 21.4 Å². The highest BCUT2D eigenvalue weighted by molar-refractivity contribution is 5.73. The summed E-state index contributed by atoms with van der Waals surface area (Å²) in [4.78, 5) is 24.5. The maximum absolute atomic E-state index is 11.4. The highest BCUT2D eigenvalue weighted by Crippen LogP contribution is 2.51. The number of carbonyl (C=O) groups is 2. The molecule has 8 nitrogen and oxygen atoms in total. The van der Waals surface area contributed by atoms with Crippen LogP contribution in [-0.4, -0.2) is 82.3 Å². The van der Waals surface area contributed by atoms with Crippen LogP contribution < -0.4 is 5.32 Å². The number of pyridine rings is 1. The van der Waals surface area contributed by atoms with Gasteiger partial charge in [0.1, 0.15) is 0 Å². The van der Waals surface area contributed by atoms with Gasteiger partial charge in [-0.25, -0.2) is 9.59 Å². The summed E-state index contributed by atoms with van der Waals surface area (Å²) < 4.78 is 63.5. The molecule has 216 valence electrons. The van der Waals surface area contributed by atoms with E-state index in [0.717, 1.165) is 44.6 Å². The van der Waals surface area contributed by atoms with E-state index in [1.165, 1.54) is 11.1 Å². The number of nitrogens with one attached hydrogen (secondary N) is 1. The third-order valence-corrected chi connectivity index (χ3v) is 6.58. The molecule has 0 saturated carbocycles. The Morgan fingerprint density at radius 2 is 1.49 bits per heavy atom. The van der Waals surface area contributed by atoms with Gasteiger partial charge in [-0.3, -0.25) is 9.88 Å². The first-order chi connectivity index (χ1) is 18.1. The Morgan fingerprint density at radius 1 is 0.974 bits per heavy atom. The number of piperidine rings is 1. The summed E-state index contributed by atoms with van der Waals surface area (Å²) in [6, 6.07) is 14.8. The molecule has 1 aromatic carbocycles. The van der Waals surface area contributed by atoms with E-state index in [4.69, 9.17) is 19.8 Å². The van der Waals surface area contributed by atoms with Gasteiger partial charge in [0.05, 0.1) is 12.1 Å². The molecule has 0 bridgehead atoms. The van der Waals surface area contributed by atoms with Gasteiger partial charge in [-0.05, 0) is 56.2 Å². The Labute approximate surface area is 220 Å². The number of hydrogen-bond donors (Lipinski definition) is 4. The van der Waals surface area contributed by atoms with E-state index in [9.17, 15) is 31.4 Å². The zero-order chi connectivity index (χ0) is 29.4. The Balaban J connectivity index is 0.000000317. The minimum Gasteiger partial charge on any atom is -0.475 e. The molecule has 1 saturated heterocycles. The monoisotopic (exact) mass is 565 g/mol. The second kappa shape index (κ2) is 13.2. The van der Waals surface area contributed by atoms with Crippen molar-refractivity contribution in [1.29, 1.82) is 0 Å². The highest BCUT2D eigenvalue weighted by atomic mass is 19.4. The predicted octanol–water partition coefficient (Wildman–Crippen LogP) is 3.56. The van der Waals surface area contributed by atoms with Crippen molar-refractivity contribution in [3.63, 3.8) is 0 Å². The Morgan fingerprint density at radius 3 is 1.97 bits per heavy atom. The van der Waals surface area contributed by atoms with Gasteiger partial charge in [-0.15, -0.1) is 0 Å². The topological polar surface area (TPSA) is 123 Å². The Kier molecular flexibility index (Phi) is 10.8. The highest BCUT2D eigenvalue weighted by Gasteiger charge is 2.52. The van der Waals surface area contributed by atoms with Crippen molar-refractivity contribution in [1.82, 2.24) is 15.2 Å². The van der Waals surface area contributed by atoms with Gasteiger partial charge >= 0.3 is 24.3 Å². The van der Waals surface area contributed by atoms with Crippen molar-refractivity contribution < 1.29 is 51.3 Å². The average Bonchev–Trinajstić information content (AvgIpc) is 3.11. The molecule has 1 aliphatic heterocycles. The molecule has 0 radical (unpaired) electrons. The number of aliphatic hydroxyl groups is 1. The number of hydrogen-bond acceptors (Lipinski definition) is 6. The van der Waals surface area contributed by atoms with Crippen molar-refractivity contribution in [2.45, 2.75) is 49.2 Å². The van der Waals surface area contributed by atoms with Gasteiger partial charge in [-0.1, -0.05) is 30.3 Å². The first-order valence-electron chi connectivity index (χ1n) is 11.8. The number of aliphatic hydroxyl groups excluding tert-OH is 1. The number of alkyl halides is 6. The molecular weight excluding hydrogens is 536 g/mol. The lowest BCUT2D eigenvalue weighted by Gasteiger charge is -2.40. The van der Waals surface area contributed by atoms with E-state index in [-0.39, 0.29) is 17.6 Å². The van der Waals surface area contributed by atoms with E-state index < -0.39 is 24.3 Å². The van der Waals surface area contributed by atoms with Crippen LogP contribution in [0.2, 0.25) is 0 Å². The summed E-state index contributed by atoms with van der Waals surface area (Å²) in [6.07, 6.45) is -5.75. The van der Waals surface area contributed by atoms with E-state index >= 15 is 0 Å². The van der Waals surface area contributed by atoms with E-state index in [1.54, 1.807) is 0 Å². The van der Waals surface area contributed by atoms with Crippen LogP contribution in [0.25, 0.3) is 0 Å². The molecule has 2 aromatic rings. The number of likely N-dealkylation sites (N-methyl/N-ethyl adjacent to an activating group) is 1. The first-order valence-corrected chi connectivity index (χ1v) is 11.8. The molecule has 0 amide bonds. The van der Waals surface area contributed by atoms with Crippen LogP contribution in [0.4, 0.5) is 26.3 Å². The maximum atomic E-state index is 11.4. The summed E-state index contributed by atoms with van der Waals surface area (Å²) in [6.45, 7) is 2.85. The molecule has 2 atom stereocenters. The lowest BCUT2D eigenvalue weighted by Crippen LogP contribution is -2.48. The Hall–Kier alpha value is -3.23. The lowest BCUT2D eigenvalue weighted by atomic mass is 9.72. The van der Waals surface area contributed by atoms with Crippen LogP contribution in [0.1, 0.15) is 35.7 Å². The van der Waals surface area contributed by atoms with Crippen molar-refractivity contribution in [2.24, 2.45) is 0 Å². The number of aromatic nitrogens is 1. The first kappa shape index (κ1) is 32.0. The molecule has 2 aliphatic rings. The fourth-order valence-corrected chi connectivity index (χ4v) is 4.73. The smallest absolute Gasteiger partial charge is 0.475 e. The predicted molar refractivity (Wildman–Crippen MR) is 127 cm³/mol. The van der Waals surface area contributed by atoms with Gasteiger partial charge in [0.25, 0.3) is 0 Å². The van der Waals surface area contributed by atoms with E-state index in [0.29, 0.717) is 0 Å². The maximum Gasteiger partial charge on any atom is 0.490 e. The van der Waals surface area contributed by atoms with Crippen LogP contribution in [0.3, 0.4) is 0 Å². The number of carboxylic acid groups (broad SMARTS) is 2. The number of benzene rings is 1. The van der Waals surface area contributed by atoms with Gasteiger partial charge in [0.2, 0.25) is 0 Å². The van der Waals surface area contributed by atoms with Crippen molar-refractivity contribution in [3.05, 3.63) is 65.5 Å². The summed E-state index contributed by atoms with van der Waals surface area (Å²) >= 11 is 0. The molecule has 14 heteroatoms. The second-order valence-electron chi connectivity index (χ2n) is 9.04. The number of carboxylic acids is 2. The quantitative estimate of drug-likeness (QED) is 0.416. The van der Waals surface area contributed by atoms with Crippen LogP contribution in [0.15, 0.2) is 48.7 Å². The van der Waals surface area contributed by atoms with Crippen molar-refractivity contribution in [2.75, 3.05) is 26.7 Å². The second-order valence-corrected chi connectivity index (χ2v) is 9.04. The van der Waals surface area contributed by atoms with E-state index in [1.807, 2.05) is 18.3 Å². The molecule has 2 heterocycles. The minimum absolute atomic E-state index is 0.0676. The van der Waals surface area contributed by atoms with Gasteiger partial charge in [0.15, 0.2) is 0 Å². The number of halogens is 6. The van der Waals surface area contributed by atoms with Crippen molar-refractivity contribution in [3.8, 4) is 0 Å². The van der Waals surface area contributed by atoms with Crippen LogP contribution in [0.5, 0.6) is 0 Å². The minimum atomic E-state index is -5.08.